The van der Waals surface area contributed by atoms with Crippen LogP contribution in [0.3, 0.4) is 0 Å². The van der Waals surface area contributed by atoms with E-state index in [1.54, 1.807) is 67.0 Å². The molecule has 0 fully saturated rings. The van der Waals surface area contributed by atoms with Crippen LogP contribution in [0.2, 0.25) is 5.28 Å². The highest BCUT2D eigenvalue weighted by Crippen LogP contribution is 2.22. The Hall–Kier alpha value is -7.25. The average Bonchev–Trinajstić information content (AvgIpc) is 3.28. The van der Waals surface area contributed by atoms with E-state index in [0.29, 0.717) is 62.3 Å². The lowest BCUT2D eigenvalue weighted by Crippen LogP contribution is -2.23. The standard InChI is InChI=1S/C24H24N4O2.C14H12ClN3O.C10H13NO/c1-3-12-25-23(29)20-9-6-8-19(16-20)22-11-13-26-24(28-22)27-21-10-5-7-18(15-21)17-30-14-4-2;1-2-7-16-13(19)11-5-3-4-10(9-11)12-6-8-17-14(15)18-12;1-2-6-12-8-9-4-3-5-10(11)7-9/h3-11,13,15-16H,1-2,12,14,17H2,(H,25,29)(H,26,27,28);2-6,8-9H,1,7H2,(H,16,19);2-5,7H,1,6,8,11H2. The lowest BCUT2D eigenvalue weighted by atomic mass is 10.1. The molecule has 0 aliphatic rings. The van der Waals surface area contributed by atoms with Gasteiger partial charge >= 0.3 is 0 Å². The lowest BCUT2D eigenvalue weighted by molar-refractivity contribution is 0.0950. The number of anilines is 3. The van der Waals surface area contributed by atoms with E-state index in [1.807, 2.05) is 78.9 Å². The van der Waals surface area contributed by atoms with E-state index in [9.17, 15) is 9.59 Å². The van der Waals surface area contributed by atoms with Gasteiger partial charge in [0, 0.05) is 59.1 Å². The van der Waals surface area contributed by atoms with Gasteiger partial charge in [-0.05, 0) is 83.4 Å². The van der Waals surface area contributed by atoms with Crippen molar-refractivity contribution < 1.29 is 19.1 Å². The Morgan fingerprint density at radius 3 is 1.69 bits per heavy atom. The van der Waals surface area contributed by atoms with Crippen LogP contribution in [0.25, 0.3) is 22.5 Å². The number of benzene rings is 4. The lowest BCUT2D eigenvalue weighted by Gasteiger charge is -2.09. The number of carbonyl (C=O) groups excluding carboxylic acids is 2. The number of nitrogens with two attached hydrogens (primary N) is 1. The highest BCUT2D eigenvalue weighted by atomic mass is 35.5. The van der Waals surface area contributed by atoms with Crippen LogP contribution in [0.15, 0.2) is 172 Å². The van der Waals surface area contributed by atoms with Crippen molar-refractivity contribution in [3.8, 4) is 22.5 Å². The number of halogens is 1. The third kappa shape index (κ3) is 16.5. The summed E-state index contributed by atoms with van der Waals surface area (Å²) < 4.78 is 10.7. The van der Waals surface area contributed by atoms with Gasteiger partial charge in [-0.2, -0.15) is 0 Å². The molecule has 6 aromatic rings. The third-order valence-electron chi connectivity index (χ3n) is 8.08. The Kier molecular flexibility index (Phi) is 19.8. The summed E-state index contributed by atoms with van der Waals surface area (Å²) in [6, 6.07) is 33.6. The number of hydrogen-bond donors (Lipinski definition) is 4. The minimum atomic E-state index is -0.153. The maximum absolute atomic E-state index is 12.2. The normalized spacial score (nSPS) is 10.0. The molecule has 0 aliphatic carbocycles. The van der Waals surface area contributed by atoms with E-state index in [1.165, 1.54) is 0 Å². The topological polar surface area (TPSA) is 166 Å². The Balaban J connectivity index is 0.000000224. The first kappa shape index (κ1) is 46.4. The molecule has 12 nitrogen and oxygen atoms in total. The summed E-state index contributed by atoms with van der Waals surface area (Å²) in [4.78, 5) is 40.9. The fraction of sp³-hybridized carbons (Fsp3) is 0.125. The molecule has 2 aromatic heterocycles. The van der Waals surface area contributed by atoms with Crippen LogP contribution in [0, 0.1) is 0 Å². The summed E-state index contributed by atoms with van der Waals surface area (Å²) in [6.45, 7) is 17.4. The fourth-order valence-corrected chi connectivity index (χ4v) is 5.47. The SMILES string of the molecule is C=CCNC(=O)c1cccc(-c2ccnc(Cl)n2)c1.C=CCNC(=O)c1cccc(-c2ccnc(Nc3cccc(COCC=C)c3)n2)c1.C=CCOCc1cccc(N)c1. The molecular weight excluding hydrogens is 788 g/mol. The molecule has 61 heavy (non-hydrogen) atoms. The number of nitrogen functional groups attached to an aromatic ring is 1. The zero-order chi connectivity index (χ0) is 43.7. The molecule has 0 radical (unpaired) electrons. The molecule has 4 aromatic carbocycles. The van der Waals surface area contributed by atoms with E-state index in [-0.39, 0.29) is 17.1 Å². The monoisotopic (exact) mass is 836 g/mol. The summed E-state index contributed by atoms with van der Waals surface area (Å²) in [5.74, 6) is 0.166. The molecule has 0 aliphatic heterocycles. The zero-order valence-electron chi connectivity index (χ0n) is 33.8. The smallest absolute Gasteiger partial charge is 0.251 e. The number of aromatic nitrogens is 4. The van der Waals surface area contributed by atoms with Crippen LogP contribution in [0.4, 0.5) is 17.3 Å². The molecular formula is C48H49ClN8O4. The molecule has 312 valence electrons. The van der Waals surface area contributed by atoms with Crippen LogP contribution in [-0.4, -0.2) is 58.1 Å². The van der Waals surface area contributed by atoms with Gasteiger partial charge in [0.15, 0.2) is 0 Å². The number of rotatable bonds is 18. The number of ether oxygens (including phenoxy) is 2. The summed E-state index contributed by atoms with van der Waals surface area (Å²) in [6.07, 6.45) is 9.99. The Morgan fingerprint density at radius 1 is 0.623 bits per heavy atom. The van der Waals surface area contributed by atoms with Crippen molar-refractivity contribution >= 4 is 40.7 Å². The molecule has 5 N–H and O–H groups in total. The second-order valence-electron chi connectivity index (χ2n) is 12.8. The van der Waals surface area contributed by atoms with Gasteiger partial charge in [0.2, 0.25) is 11.2 Å². The van der Waals surface area contributed by atoms with Crippen LogP contribution < -0.4 is 21.7 Å². The maximum Gasteiger partial charge on any atom is 0.251 e. The highest BCUT2D eigenvalue weighted by Gasteiger charge is 2.10. The number of amides is 2. The molecule has 0 unspecified atom stereocenters. The number of nitrogens with zero attached hydrogens (tertiary/aromatic N) is 4. The predicted octanol–water partition coefficient (Wildman–Crippen LogP) is 9.19. The van der Waals surface area contributed by atoms with E-state index in [2.05, 4.69) is 62.2 Å². The van der Waals surface area contributed by atoms with Gasteiger partial charge in [0.1, 0.15) is 0 Å². The first-order valence-electron chi connectivity index (χ1n) is 19.1. The van der Waals surface area contributed by atoms with Gasteiger partial charge in [-0.1, -0.05) is 72.8 Å². The predicted molar refractivity (Wildman–Crippen MR) is 245 cm³/mol. The van der Waals surface area contributed by atoms with Crippen molar-refractivity contribution in [2.75, 3.05) is 37.4 Å². The number of hydrogen-bond acceptors (Lipinski definition) is 10. The van der Waals surface area contributed by atoms with Crippen molar-refractivity contribution in [1.29, 1.82) is 0 Å². The first-order valence-corrected chi connectivity index (χ1v) is 19.5. The van der Waals surface area contributed by atoms with Crippen molar-refractivity contribution in [2.45, 2.75) is 13.2 Å². The van der Waals surface area contributed by atoms with Gasteiger partial charge in [-0.15, -0.1) is 26.3 Å². The number of carbonyl (C=O) groups is 2. The average molecular weight is 837 g/mol. The first-order chi connectivity index (χ1) is 29.7. The Morgan fingerprint density at radius 2 is 1.15 bits per heavy atom. The van der Waals surface area contributed by atoms with Gasteiger partial charge in [-0.25, -0.2) is 19.9 Å². The Labute approximate surface area is 362 Å². The van der Waals surface area contributed by atoms with Crippen molar-refractivity contribution in [3.63, 3.8) is 0 Å². The minimum Gasteiger partial charge on any atom is -0.399 e. The van der Waals surface area contributed by atoms with Crippen LogP contribution in [-0.2, 0) is 22.7 Å². The fourth-order valence-electron chi connectivity index (χ4n) is 5.32. The number of nitrogens with one attached hydrogen (secondary N) is 3. The largest absolute Gasteiger partial charge is 0.399 e. The van der Waals surface area contributed by atoms with Gasteiger partial charge in [-0.3, -0.25) is 9.59 Å². The molecule has 2 heterocycles. The third-order valence-corrected chi connectivity index (χ3v) is 8.26. The molecule has 0 bridgehead atoms. The highest BCUT2D eigenvalue weighted by molar-refractivity contribution is 6.28. The summed E-state index contributed by atoms with van der Waals surface area (Å²) in [7, 11) is 0. The van der Waals surface area contributed by atoms with Gasteiger partial charge in [0.05, 0.1) is 37.8 Å². The molecule has 0 spiro atoms. The van der Waals surface area contributed by atoms with Crippen molar-refractivity contribution in [2.24, 2.45) is 0 Å². The second-order valence-corrected chi connectivity index (χ2v) is 13.2. The van der Waals surface area contributed by atoms with Gasteiger partial charge < -0.3 is 31.2 Å². The minimum absolute atomic E-state index is 0.151. The van der Waals surface area contributed by atoms with E-state index >= 15 is 0 Å². The molecule has 0 saturated heterocycles. The van der Waals surface area contributed by atoms with Crippen molar-refractivity contribution in [1.82, 2.24) is 30.6 Å². The molecule has 2 amide bonds. The molecule has 0 atom stereocenters. The zero-order valence-corrected chi connectivity index (χ0v) is 34.6. The molecule has 0 saturated carbocycles. The summed E-state index contributed by atoms with van der Waals surface area (Å²) in [5.41, 5.74) is 13.5. The Bertz CT molecular complexity index is 2390. The van der Waals surface area contributed by atoms with Crippen LogP contribution >= 0.6 is 11.6 Å². The molecule has 13 heteroatoms. The van der Waals surface area contributed by atoms with Crippen LogP contribution in [0.1, 0.15) is 31.8 Å². The van der Waals surface area contributed by atoms with Crippen molar-refractivity contribution in [3.05, 3.63) is 200 Å². The van der Waals surface area contributed by atoms with Crippen LogP contribution in [0.5, 0.6) is 0 Å². The van der Waals surface area contributed by atoms with E-state index in [4.69, 9.17) is 26.8 Å². The second kappa shape index (κ2) is 26.0. The van der Waals surface area contributed by atoms with Gasteiger partial charge in [0.25, 0.3) is 11.8 Å². The maximum atomic E-state index is 12.2. The van der Waals surface area contributed by atoms with E-state index in [0.717, 1.165) is 39.3 Å². The summed E-state index contributed by atoms with van der Waals surface area (Å²) in [5, 5.41) is 8.90. The van der Waals surface area contributed by atoms with E-state index < -0.39 is 0 Å². The summed E-state index contributed by atoms with van der Waals surface area (Å²) >= 11 is 5.75. The quantitative estimate of drug-likeness (QED) is 0.0284. The molecule has 6 rings (SSSR count).